The highest BCUT2D eigenvalue weighted by atomic mass is 16.6. The molecule has 1 saturated heterocycles. The SMILES string of the molecule is COC(=O)C1CN(C(=O)c2ccc(OCC(N)=O)c(OC)c2)CCO1. The molecule has 0 spiro atoms. The van der Waals surface area contributed by atoms with Gasteiger partial charge in [0.15, 0.2) is 24.2 Å². The van der Waals surface area contributed by atoms with Crippen LogP contribution in [0.2, 0.25) is 0 Å². The van der Waals surface area contributed by atoms with Crippen molar-refractivity contribution in [2.75, 3.05) is 40.5 Å². The number of benzene rings is 1. The molecule has 0 bridgehead atoms. The molecule has 0 aliphatic carbocycles. The predicted octanol–water partition coefficient (Wildman–Crippen LogP) is -0.427. The molecule has 9 nitrogen and oxygen atoms in total. The Balaban J connectivity index is 2.13. The fourth-order valence-corrected chi connectivity index (χ4v) is 2.36. The summed E-state index contributed by atoms with van der Waals surface area (Å²) in [5, 5.41) is 0. The molecular formula is C16H20N2O7. The summed E-state index contributed by atoms with van der Waals surface area (Å²) in [6.45, 7) is 0.401. The van der Waals surface area contributed by atoms with Gasteiger partial charge >= 0.3 is 5.97 Å². The van der Waals surface area contributed by atoms with Crippen molar-refractivity contribution in [3.05, 3.63) is 23.8 Å². The van der Waals surface area contributed by atoms with E-state index in [0.29, 0.717) is 23.6 Å². The Morgan fingerprint density at radius 3 is 2.68 bits per heavy atom. The zero-order chi connectivity index (χ0) is 18.4. The topological polar surface area (TPSA) is 117 Å². The third-order valence-corrected chi connectivity index (χ3v) is 3.60. The van der Waals surface area contributed by atoms with Crippen molar-refractivity contribution >= 4 is 17.8 Å². The van der Waals surface area contributed by atoms with Crippen LogP contribution < -0.4 is 15.2 Å². The van der Waals surface area contributed by atoms with Crippen LogP contribution in [0.3, 0.4) is 0 Å². The van der Waals surface area contributed by atoms with Crippen LogP contribution in [-0.4, -0.2) is 69.3 Å². The fraction of sp³-hybridized carbons (Fsp3) is 0.438. The first-order valence-electron chi connectivity index (χ1n) is 7.54. The molecule has 0 radical (unpaired) electrons. The first-order chi connectivity index (χ1) is 12.0. The number of morpholine rings is 1. The van der Waals surface area contributed by atoms with E-state index in [9.17, 15) is 14.4 Å². The van der Waals surface area contributed by atoms with E-state index in [1.54, 1.807) is 6.07 Å². The number of hydrogen-bond donors (Lipinski definition) is 1. The Labute approximate surface area is 144 Å². The lowest BCUT2D eigenvalue weighted by Crippen LogP contribution is -2.48. The van der Waals surface area contributed by atoms with Gasteiger partial charge in [-0.2, -0.15) is 0 Å². The summed E-state index contributed by atoms with van der Waals surface area (Å²) < 4.78 is 20.4. The van der Waals surface area contributed by atoms with Crippen LogP contribution in [0.25, 0.3) is 0 Å². The summed E-state index contributed by atoms with van der Waals surface area (Å²) in [6.07, 6.45) is -0.803. The predicted molar refractivity (Wildman–Crippen MR) is 85.3 cm³/mol. The van der Waals surface area contributed by atoms with Crippen LogP contribution in [0.15, 0.2) is 18.2 Å². The van der Waals surface area contributed by atoms with E-state index >= 15 is 0 Å². The Bertz CT molecular complexity index is 662. The van der Waals surface area contributed by atoms with Crippen LogP contribution in [0.1, 0.15) is 10.4 Å². The van der Waals surface area contributed by atoms with Crippen LogP contribution in [0, 0.1) is 0 Å². The van der Waals surface area contributed by atoms with Crippen molar-refractivity contribution in [2.24, 2.45) is 5.73 Å². The molecule has 1 aliphatic heterocycles. The van der Waals surface area contributed by atoms with Gasteiger partial charge in [-0.15, -0.1) is 0 Å². The number of methoxy groups -OCH3 is 2. The van der Waals surface area contributed by atoms with E-state index in [-0.39, 0.29) is 25.7 Å². The van der Waals surface area contributed by atoms with E-state index in [4.69, 9.17) is 19.9 Å². The molecule has 25 heavy (non-hydrogen) atoms. The minimum absolute atomic E-state index is 0.105. The lowest BCUT2D eigenvalue weighted by Gasteiger charge is -2.31. The summed E-state index contributed by atoms with van der Waals surface area (Å²) in [5.74, 6) is -0.830. The number of carbonyl (C=O) groups excluding carboxylic acids is 3. The number of amides is 2. The standard InChI is InChI=1S/C16H20N2O7/c1-22-12-7-10(3-4-11(12)25-9-14(17)19)15(20)18-5-6-24-13(8-18)16(21)23-2/h3-4,7,13H,5-6,8-9H2,1-2H3,(H2,17,19). The van der Waals surface area contributed by atoms with E-state index in [1.807, 2.05) is 0 Å². The molecule has 9 heteroatoms. The number of carbonyl (C=O) groups is 3. The molecule has 2 rings (SSSR count). The maximum absolute atomic E-state index is 12.6. The molecule has 2 amide bonds. The third-order valence-electron chi connectivity index (χ3n) is 3.60. The van der Waals surface area contributed by atoms with Crippen molar-refractivity contribution in [3.63, 3.8) is 0 Å². The highest BCUT2D eigenvalue weighted by Gasteiger charge is 2.30. The van der Waals surface area contributed by atoms with E-state index in [0.717, 1.165) is 0 Å². The highest BCUT2D eigenvalue weighted by molar-refractivity contribution is 5.95. The first kappa shape index (κ1) is 18.5. The van der Waals surface area contributed by atoms with Gasteiger partial charge in [-0.25, -0.2) is 4.79 Å². The fourth-order valence-electron chi connectivity index (χ4n) is 2.36. The minimum Gasteiger partial charge on any atom is -0.493 e. The van der Waals surface area contributed by atoms with Crippen molar-refractivity contribution in [1.29, 1.82) is 0 Å². The van der Waals surface area contributed by atoms with Crippen LogP contribution in [0.4, 0.5) is 0 Å². The third kappa shape index (κ3) is 4.60. The van der Waals surface area contributed by atoms with Gasteiger partial charge in [0.1, 0.15) is 0 Å². The van der Waals surface area contributed by atoms with Crippen molar-refractivity contribution in [3.8, 4) is 11.5 Å². The van der Waals surface area contributed by atoms with Crippen molar-refractivity contribution in [1.82, 2.24) is 4.90 Å². The van der Waals surface area contributed by atoms with Crippen molar-refractivity contribution < 1.29 is 33.3 Å². The number of nitrogens with two attached hydrogens (primary N) is 1. The molecule has 0 aromatic heterocycles. The molecule has 0 saturated carbocycles. The maximum atomic E-state index is 12.6. The average Bonchev–Trinajstić information content (AvgIpc) is 2.64. The molecule has 136 valence electrons. The summed E-state index contributed by atoms with van der Waals surface area (Å²) >= 11 is 0. The highest BCUT2D eigenvalue weighted by Crippen LogP contribution is 2.28. The number of hydrogen-bond acceptors (Lipinski definition) is 7. The first-order valence-corrected chi connectivity index (χ1v) is 7.54. The van der Waals surface area contributed by atoms with E-state index in [2.05, 4.69) is 4.74 Å². The summed E-state index contributed by atoms with van der Waals surface area (Å²) in [4.78, 5) is 36.5. The quantitative estimate of drug-likeness (QED) is 0.691. The van der Waals surface area contributed by atoms with Gasteiger partial charge in [-0.05, 0) is 18.2 Å². The van der Waals surface area contributed by atoms with Gasteiger partial charge in [0.05, 0.1) is 27.4 Å². The lowest BCUT2D eigenvalue weighted by atomic mass is 10.1. The lowest BCUT2D eigenvalue weighted by molar-refractivity contribution is -0.158. The summed E-state index contributed by atoms with van der Waals surface area (Å²) in [6, 6.07) is 4.57. The number of esters is 1. The molecule has 2 N–H and O–H groups in total. The molecule has 1 fully saturated rings. The molecule has 1 aromatic carbocycles. The Morgan fingerprint density at radius 1 is 1.28 bits per heavy atom. The Hall–Kier alpha value is -2.81. The second-order valence-electron chi connectivity index (χ2n) is 5.25. The number of primary amides is 1. The molecule has 1 atom stereocenters. The minimum atomic E-state index is -0.803. The van der Waals surface area contributed by atoms with Crippen molar-refractivity contribution in [2.45, 2.75) is 6.10 Å². The summed E-state index contributed by atoms with van der Waals surface area (Å²) in [5.41, 5.74) is 5.40. The largest absolute Gasteiger partial charge is 0.493 e. The number of rotatable bonds is 6. The van der Waals surface area contributed by atoms with Crippen LogP contribution in [0.5, 0.6) is 11.5 Å². The van der Waals surface area contributed by atoms with Gasteiger partial charge in [-0.1, -0.05) is 0 Å². The second kappa shape index (κ2) is 8.34. The molecule has 1 heterocycles. The normalized spacial score (nSPS) is 16.9. The van der Waals surface area contributed by atoms with Gasteiger partial charge in [0.25, 0.3) is 11.8 Å². The molecule has 1 aromatic rings. The van der Waals surface area contributed by atoms with Gasteiger partial charge in [0.2, 0.25) is 0 Å². The van der Waals surface area contributed by atoms with Crippen LogP contribution >= 0.6 is 0 Å². The van der Waals surface area contributed by atoms with Gasteiger partial charge < -0.3 is 29.6 Å². The number of nitrogens with zero attached hydrogens (tertiary/aromatic N) is 1. The average molecular weight is 352 g/mol. The van der Waals surface area contributed by atoms with E-state index in [1.165, 1.54) is 31.3 Å². The monoisotopic (exact) mass is 352 g/mol. The maximum Gasteiger partial charge on any atom is 0.336 e. The Kier molecular flexibility index (Phi) is 6.18. The smallest absolute Gasteiger partial charge is 0.336 e. The zero-order valence-corrected chi connectivity index (χ0v) is 14.0. The zero-order valence-electron chi connectivity index (χ0n) is 14.0. The Morgan fingerprint density at radius 2 is 2.04 bits per heavy atom. The molecule has 1 aliphatic rings. The summed E-state index contributed by atoms with van der Waals surface area (Å²) in [7, 11) is 2.69. The molecule has 1 unspecified atom stereocenters. The molecular weight excluding hydrogens is 332 g/mol. The number of ether oxygens (including phenoxy) is 4. The van der Waals surface area contributed by atoms with Gasteiger partial charge in [-0.3, -0.25) is 9.59 Å². The van der Waals surface area contributed by atoms with Crippen LogP contribution in [-0.2, 0) is 19.1 Å². The van der Waals surface area contributed by atoms with Gasteiger partial charge in [0, 0.05) is 12.1 Å². The second-order valence-corrected chi connectivity index (χ2v) is 5.25. The van der Waals surface area contributed by atoms with E-state index < -0.39 is 18.0 Å².